The van der Waals surface area contributed by atoms with Crippen molar-refractivity contribution in [3.05, 3.63) is 58.1 Å². The summed E-state index contributed by atoms with van der Waals surface area (Å²) in [6, 6.07) is 11.5. The van der Waals surface area contributed by atoms with Crippen molar-refractivity contribution < 1.29 is 9.90 Å². The van der Waals surface area contributed by atoms with Gasteiger partial charge < -0.3 is 5.11 Å². The smallest absolute Gasteiger partial charge is 0.173 e. The Hall–Kier alpha value is -1.16. The zero-order chi connectivity index (χ0) is 13.8. The fraction of sp³-hybridized carbons (Fsp3) is 0.0714. The summed E-state index contributed by atoms with van der Waals surface area (Å²) in [5.41, 5.74) is 0.559. The zero-order valence-corrected chi connectivity index (χ0v) is 12.1. The van der Waals surface area contributed by atoms with Gasteiger partial charge in [-0.15, -0.1) is 11.8 Å². The molecule has 0 aliphatic rings. The van der Waals surface area contributed by atoms with Gasteiger partial charge in [-0.3, -0.25) is 4.79 Å². The van der Waals surface area contributed by atoms with Crippen molar-refractivity contribution in [2.24, 2.45) is 0 Å². The molecule has 0 fully saturated rings. The number of rotatable bonds is 4. The molecule has 0 bridgehead atoms. The van der Waals surface area contributed by atoms with Gasteiger partial charge in [0.05, 0.1) is 15.8 Å². The lowest BCUT2D eigenvalue weighted by Gasteiger charge is -2.05. The number of hydrogen-bond donors (Lipinski definition) is 1. The highest BCUT2D eigenvalue weighted by atomic mass is 35.5. The van der Waals surface area contributed by atoms with Crippen molar-refractivity contribution >= 4 is 40.7 Å². The second-order valence-corrected chi connectivity index (χ2v) is 5.61. The van der Waals surface area contributed by atoms with Gasteiger partial charge in [0.25, 0.3) is 0 Å². The van der Waals surface area contributed by atoms with Crippen LogP contribution in [0, 0.1) is 0 Å². The molecule has 0 aromatic heterocycles. The van der Waals surface area contributed by atoms with Crippen LogP contribution in [0.25, 0.3) is 0 Å². The van der Waals surface area contributed by atoms with Gasteiger partial charge in [-0.05, 0) is 36.4 Å². The van der Waals surface area contributed by atoms with E-state index in [1.807, 2.05) is 6.07 Å². The highest BCUT2D eigenvalue weighted by molar-refractivity contribution is 8.00. The fourth-order valence-electron chi connectivity index (χ4n) is 1.47. The largest absolute Gasteiger partial charge is 0.508 e. The molecular formula is C14H10Cl2O2S. The maximum absolute atomic E-state index is 11.9. The Kier molecular flexibility index (Phi) is 4.75. The lowest BCUT2D eigenvalue weighted by Crippen LogP contribution is -2.01. The van der Waals surface area contributed by atoms with Gasteiger partial charge >= 0.3 is 0 Å². The summed E-state index contributed by atoms with van der Waals surface area (Å²) >= 11 is 13.3. The number of benzene rings is 2. The molecule has 2 aromatic carbocycles. The number of hydrogen-bond acceptors (Lipinski definition) is 3. The van der Waals surface area contributed by atoms with E-state index in [0.717, 1.165) is 4.90 Å². The molecule has 5 heteroatoms. The minimum Gasteiger partial charge on any atom is -0.508 e. The van der Waals surface area contributed by atoms with Gasteiger partial charge in [0, 0.05) is 10.5 Å². The number of phenolic OH excluding ortho intramolecular Hbond substituents is 1. The van der Waals surface area contributed by atoms with E-state index in [1.54, 1.807) is 24.3 Å². The van der Waals surface area contributed by atoms with Crippen LogP contribution >= 0.6 is 35.0 Å². The molecule has 0 saturated heterocycles. The first-order valence-electron chi connectivity index (χ1n) is 5.47. The predicted molar refractivity (Wildman–Crippen MR) is 79.6 cm³/mol. The van der Waals surface area contributed by atoms with Crippen molar-refractivity contribution in [2.75, 3.05) is 5.75 Å². The Morgan fingerprint density at radius 2 is 1.79 bits per heavy atom. The predicted octanol–water partition coefficient (Wildman–Crippen LogP) is 4.67. The molecule has 0 unspecified atom stereocenters. The van der Waals surface area contributed by atoms with E-state index in [0.29, 0.717) is 15.6 Å². The molecular weight excluding hydrogens is 303 g/mol. The molecule has 0 heterocycles. The van der Waals surface area contributed by atoms with Crippen molar-refractivity contribution in [3.8, 4) is 5.75 Å². The minimum atomic E-state index is -0.0268. The van der Waals surface area contributed by atoms with Gasteiger partial charge in [0.2, 0.25) is 0 Å². The van der Waals surface area contributed by atoms with Crippen molar-refractivity contribution in [1.29, 1.82) is 0 Å². The van der Waals surface area contributed by atoms with Crippen LogP contribution in [0.2, 0.25) is 10.0 Å². The third-order valence-corrected chi connectivity index (χ3v) is 4.45. The van der Waals surface area contributed by atoms with Gasteiger partial charge in [0.1, 0.15) is 5.75 Å². The standard InChI is InChI=1S/C14H10Cl2O2S/c15-11-2-1-3-13(14(11)16)19-8-12(18)9-4-6-10(17)7-5-9/h1-7,17H,8H2. The van der Waals surface area contributed by atoms with Crippen LogP contribution in [0.15, 0.2) is 47.4 Å². The molecule has 19 heavy (non-hydrogen) atoms. The number of Topliss-reactive ketones (excluding diaryl/α,β-unsaturated/α-hetero) is 1. The third-order valence-electron chi connectivity index (χ3n) is 2.46. The van der Waals surface area contributed by atoms with Crippen molar-refractivity contribution in [2.45, 2.75) is 4.90 Å². The maximum atomic E-state index is 11.9. The number of thioether (sulfide) groups is 1. The number of ketones is 1. The Morgan fingerprint density at radius 1 is 1.11 bits per heavy atom. The van der Waals surface area contributed by atoms with E-state index < -0.39 is 0 Å². The van der Waals surface area contributed by atoms with Crippen LogP contribution in [0.5, 0.6) is 5.75 Å². The molecule has 0 spiro atoms. The number of carbonyl (C=O) groups is 1. The molecule has 2 rings (SSSR count). The summed E-state index contributed by atoms with van der Waals surface area (Å²) < 4.78 is 0. The third kappa shape index (κ3) is 3.66. The van der Waals surface area contributed by atoms with Crippen LogP contribution in [-0.2, 0) is 0 Å². The van der Waals surface area contributed by atoms with Crippen molar-refractivity contribution in [3.63, 3.8) is 0 Å². The molecule has 0 aliphatic heterocycles. The molecule has 2 nitrogen and oxygen atoms in total. The second-order valence-electron chi connectivity index (χ2n) is 3.81. The van der Waals surface area contributed by atoms with Crippen LogP contribution in [0.1, 0.15) is 10.4 Å². The van der Waals surface area contributed by atoms with Crippen LogP contribution < -0.4 is 0 Å². The minimum absolute atomic E-state index is 0.0268. The molecule has 0 atom stereocenters. The normalized spacial score (nSPS) is 10.4. The number of aromatic hydroxyl groups is 1. The first-order chi connectivity index (χ1) is 9.08. The highest BCUT2D eigenvalue weighted by Crippen LogP contribution is 2.33. The Bertz CT molecular complexity index is 597. The first kappa shape index (κ1) is 14.3. The summed E-state index contributed by atoms with van der Waals surface area (Å²) in [6.45, 7) is 0. The molecule has 1 N–H and O–H groups in total. The van der Waals surface area contributed by atoms with E-state index in [9.17, 15) is 4.79 Å². The van der Waals surface area contributed by atoms with Gasteiger partial charge in [-0.1, -0.05) is 29.3 Å². The SMILES string of the molecule is O=C(CSc1cccc(Cl)c1Cl)c1ccc(O)cc1. The molecule has 0 amide bonds. The summed E-state index contributed by atoms with van der Waals surface area (Å²) in [7, 11) is 0. The average molecular weight is 313 g/mol. The van der Waals surface area contributed by atoms with E-state index in [1.165, 1.54) is 23.9 Å². The van der Waals surface area contributed by atoms with E-state index in [2.05, 4.69) is 0 Å². The summed E-state index contributed by atoms with van der Waals surface area (Å²) in [5, 5.41) is 10.1. The first-order valence-corrected chi connectivity index (χ1v) is 7.21. The Balaban J connectivity index is 2.04. The summed E-state index contributed by atoms with van der Waals surface area (Å²) in [6.07, 6.45) is 0. The zero-order valence-electron chi connectivity index (χ0n) is 9.77. The average Bonchev–Trinajstić information content (AvgIpc) is 2.41. The van der Waals surface area contributed by atoms with Gasteiger partial charge in [0.15, 0.2) is 5.78 Å². The highest BCUT2D eigenvalue weighted by Gasteiger charge is 2.10. The molecule has 0 radical (unpaired) electrons. The number of carbonyl (C=O) groups excluding carboxylic acids is 1. The second kappa shape index (κ2) is 6.33. The van der Waals surface area contributed by atoms with Crippen LogP contribution in [-0.4, -0.2) is 16.6 Å². The monoisotopic (exact) mass is 312 g/mol. The summed E-state index contributed by atoms with van der Waals surface area (Å²) in [5.74, 6) is 0.383. The Labute approximate surface area is 125 Å². The quantitative estimate of drug-likeness (QED) is 0.658. The molecule has 98 valence electrons. The maximum Gasteiger partial charge on any atom is 0.173 e. The fourth-order valence-corrected chi connectivity index (χ4v) is 2.85. The lowest BCUT2D eigenvalue weighted by molar-refractivity contribution is 0.102. The van der Waals surface area contributed by atoms with Crippen LogP contribution in [0.4, 0.5) is 0 Å². The van der Waals surface area contributed by atoms with E-state index in [4.69, 9.17) is 28.3 Å². The number of phenols is 1. The molecule has 0 aliphatic carbocycles. The number of halogens is 2. The summed E-state index contributed by atoms with van der Waals surface area (Å²) in [4.78, 5) is 12.7. The van der Waals surface area contributed by atoms with Gasteiger partial charge in [-0.2, -0.15) is 0 Å². The molecule has 2 aromatic rings. The van der Waals surface area contributed by atoms with Crippen molar-refractivity contribution in [1.82, 2.24) is 0 Å². The van der Waals surface area contributed by atoms with E-state index >= 15 is 0 Å². The topological polar surface area (TPSA) is 37.3 Å². The lowest BCUT2D eigenvalue weighted by atomic mass is 10.1. The Morgan fingerprint density at radius 3 is 2.47 bits per heavy atom. The van der Waals surface area contributed by atoms with Crippen LogP contribution in [0.3, 0.4) is 0 Å². The van der Waals surface area contributed by atoms with E-state index in [-0.39, 0.29) is 17.3 Å². The van der Waals surface area contributed by atoms with Gasteiger partial charge in [-0.25, -0.2) is 0 Å². The molecule has 0 saturated carbocycles.